The van der Waals surface area contributed by atoms with E-state index in [2.05, 4.69) is 16.0 Å². The number of ether oxygens (including phenoxy) is 1. The highest BCUT2D eigenvalue weighted by Crippen LogP contribution is 2.31. The summed E-state index contributed by atoms with van der Waals surface area (Å²) in [6, 6.07) is 9.56. The Morgan fingerprint density at radius 3 is 2.93 bits per heavy atom. The van der Waals surface area contributed by atoms with Crippen molar-refractivity contribution in [1.29, 1.82) is 0 Å². The van der Waals surface area contributed by atoms with Crippen LogP contribution < -0.4 is 4.74 Å². The number of piperidine rings is 1. The molecule has 1 aromatic carbocycles. The monoisotopic (exact) mass is 385 g/mol. The van der Waals surface area contributed by atoms with Crippen molar-refractivity contribution in [2.24, 2.45) is 5.92 Å². The quantitative estimate of drug-likeness (QED) is 0.808. The van der Waals surface area contributed by atoms with Crippen LogP contribution in [0.25, 0.3) is 0 Å². The van der Waals surface area contributed by atoms with E-state index in [1.54, 1.807) is 31.5 Å². The minimum Gasteiger partial charge on any atom is -0.497 e. The molecule has 0 spiro atoms. The lowest BCUT2D eigenvalue weighted by molar-refractivity contribution is 0.0584. The molecule has 2 bridgehead atoms. The first-order valence-corrected chi connectivity index (χ1v) is 9.77. The Hall–Kier alpha value is -2.11. The Labute approximate surface area is 164 Å². The van der Waals surface area contributed by atoms with Crippen LogP contribution in [0.5, 0.6) is 5.75 Å². The third-order valence-electron chi connectivity index (χ3n) is 5.53. The lowest BCUT2D eigenvalue weighted by Crippen LogP contribution is -2.47. The smallest absolute Gasteiger partial charge is 0.254 e. The molecule has 27 heavy (non-hydrogen) atoms. The number of hydrogen-bond donors (Lipinski definition) is 0. The van der Waals surface area contributed by atoms with E-state index in [-0.39, 0.29) is 11.9 Å². The van der Waals surface area contributed by atoms with E-state index in [1.807, 2.05) is 17.2 Å². The molecule has 0 N–H and O–H groups in total. The van der Waals surface area contributed by atoms with E-state index in [0.29, 0.717) is 22.3 Å². The van der Waals surface area contributed by atoms with Crippen LogP contribution in [-0.2, 0) is 6.54 Å². The number of pyridine rings is 1. The molecule has 3 aliphatic rings. The molecule has 0 radical (unpaired) electrons. The van der Waals surface area contributed by atoms with Crippen LogP contribution in [0.1, 0.15) is 28.8 Å². The fourth-order valence-electron chi connectivity index (χ4n) is 4.28. The molecule has 0 aliphatic carbocycles. The molecule has 0 unspecified atom stereocenters. The summed E-state index contributed by atoms with van der Waals surface area (Å²) in [5.41, 5.74) is 1.82. The van der Waals surface area contributed by atoms with Crippen molar-refractivity contribution in [3.8, 4) is 5.75 Å². The van der Waals surface area contributed by atoms with Gasteiger partial charge < -0.3 is 9.64 Å². The lowest BCUT2D eigenvalue weighted by Gasteiger charge is -2.36. The molecule has 5 nitrogen and oxygen atoms in total. The van der Waals surface area contributed by atoms with Crippen LogP contribution >= 0.6 is 11.6 Å². The number of benzene rings is 1. The normalized spacial score (nSPS) is 22.5. The van der Waals surface area contributed by atoms with E-state index in [9.17, 15) is 4.79 Å². The van der Waals surface area contributed by atoms with Gasteiger partial charge >= 0.3 is 0 Å². The molecule has 5 rings (SSSR count). The zero-order valence-electron chi connectivity index (χ0n) is 15.5. The predicted octanol–water partition coefficient (Wildman–Crippen LogP) is 3.48. The molecule has 0 saturated carbocycles. The Morgan fingerprint density at radius 1 is 1.26 bits per heavy atom. The van der Waals surface area contributed by atoms with E-state index in [0.717, 1.165) is 32.6 Å². The molecule has 2 aromatic rings. The summed E-state index contributed by atoms with van der Waals surface area (Å²) in [4.78, 5) is 21.9. The fourth-order valence-corrected chi connectivity index (χ4v) is 4.50. The minimum absolute atomic E-state index is 0.0497. The van der Waals surface area contributed by atoms with Crippen LogP contribution in [0, 0.1) is 5.92 Å². The lowest BCUT2D eigenvalue weighted by atomic mass is 9.94. The standard InChI is InChI=1S/C21H24ClN3O2/c1-27-20-8-17(7-18(22)9-20)21(26)25-13-16-4-5-19(25)14-24(12-16)11-15-3-2-6-23-10-15/h2-3,6-10,16,19H,4-5,11-14H2,1H3/t16-,19+/m0/s1. The van der Waals surface area contributed by atoms with Gasteiger partial charge in [0.2, 0.25) is 0 Å². The van der Waals surface area contributed by atoms with Gasteiger partial charge in [-0.05, 0) is 48.6 Å². The van der Waals surface area contributed by atoms with E-state index in [1.165, 1.54) is 12.0 Å². The minimum atomic E-state index is 0.0497. The number of halogens is 1. The summed E-state index contributed by atoms with van der Waals surface area (Å²) < 4.78 is 5.27. The molecule has 6 heteroatoms. The van der Waals surface area contributed by atoms with Gasteiger partial charge in [0.25, 0.3) is 5.91 Å². The van der Waals surface area contributed by atoms with Crippen molar-refractivity contribution in [2.45, 2.75) is 25.4 Å². The summed E-state index contributed by atoms with van der Waals surface area (Å²) in [7, 11) is 1.59. The van der Waals surface area contributed by atoms with Gasteiger partial charge in [-0.1, -0.05) is 17.7 Å². The average Bonchev–Trinajstić information content (AvgIpc) is 2.98. The van der Waals surface area contributed by atoms with Crippen LogP contribution in [0.2, 0.25) is 5.02 Å². The molecule has 3 fully saturated rings. The molecule has 3 aliphatic heterocycles. The Balaban J connectivity index is 1.52. The number of rotatable bonds is 4. The molecule has 142 valence electrons. The zero-order chi connectivity index (χ0) is 18.8. The average molecular weight is 386 g/mol. The first-order chi connectivity index (χ1) is 13.1. The van der Waals surface area contributed by atoms with Gasteiger partial charge in [-0.25, -0.2) is 0 Å². The highest BCUT2D eigenvalue weighted by Gasteiger charge is 2.37. The van der Waals surface area contributed by atoms with Gasteiger partial charge in [-0.15, -0.1) is 0 Å². The summed E-state index contributed by atoms with van der Waals surface area (Å²) in [6.45, 7) is 3.61. The third kappa shape index (κ3) is 4.09. The van der Waals surface area contributed by atoms with Gasteiger partial charge in [-0.2, -0.15) is 0 Å². The third-order valence-corrected chi connectivity index (χ3v) is 5.75. The van der Waals surface area contributed by atoms with Gasteiger partial charge in [-0.3, -0.25) is 14.7 Å². The number of carbonyl (C=O) groups is 1. The van der Waals surface area contributed by atoms with Crippen LogP contribution in [0.4, 0.5) is 0 Å². The summed E-state index contributed by atoms with van der Waals surface area (Å²) in [5.74, 6) is 1.17. The van der Waals surface area contributed by atoms with Crippen molar-refractivity contribution < 1.29 is 9.53 Å². The van der Waals surface area contributed by atoms with E-state index >= 15 is 0 Å². The number of nitrogens with zero attached hydrogens (tertiary/aromatic N) is 3. The summed E-state index contributed by atoms with van der Waals surface area (Å²) >= 11 is 6.17. The first-order valence-electron chi connectivity index (χ1n) is 9.39. The van der Waals surface area contributed by atoms with Gasteiger partial charge in [0.15, 0.2) is 0 Å². The summed E-state index contributed by atoms with van der Waals surface area (Å²) in [5, 5.41) is 0.524. The van der Waals surface area contributed by atoms with Gasteiger partial charge in [0, 0.05) is 55.2 Å². The topological polar surface area (TPSA) is 45.7 Å². The number of carbonyl (C=O) groups excluding carboxylic acids is 1. The zero-order valence-corrected chi connectivity index (χ0v) is 16.2. The Morgan fingerprint density at radius 2 is 2.15 bits per heavy atom. The molecular weight excluding hydrogens is 362 g/mol. The second kappa shape index (κ2) is 7.87. The number of hydrogen-bond acceptors (Lipinski definition) is 4. The Bertz CT molecular complexity index is 814. The molecule has 3 saturated heterocycles. The largest absolute Gasteiger partial charge is 0.497 e. The van der Waals surface area contributed by atoms with Crippen LogP contribution in [0.3, 0.4) is 0 Å². The highest BCUT2D eigenvalue weighted by atomic mass is 35.5. The number of amides is 1. The number of fused-ring (bicyclic) bond motifs is 4. The second-order valence-corrected chi connectivity index (χ2v) is 7.93. The fraction of sp³-hybridized carbons (Fsp3) is 0.429. The Kier molecular flexibility index (Phi) is 5.32. The van der Waals surface area contributed by atoms with Crippen molar-refractivity contribution in [1.82, 2.24) is 14.8 Å². The van der Waals surface area contributed by atoms with E-state index < -0.39 is 0 Å². The maximum absolute atomic E-state index is 13.2. The number of methoxy groups -OCH3 is 1. The first kappa shape index (κ1) is 18.3. The molecule has 4 heterocycles. The number of aromatic nitrogens is 1. The highest BCUT2D eigenvalue weighted by molar-refractivity contribution is 6.31. The second-order valence-electron chi connectivity index (χ2n) is 7.49. The SMILES string of the molecule is COc1cc(Cl)cc(C(=O)N2C[C@H]3CC[C@@H]2CN(Cc2cccnc2)C3)c1. The van der Waals surface area contributed by atoms with Crippen LogP contribution in [0.15, 0.2) is 42.7 Å². The summed E-state index contributed by atoms with van der Waals surface area (Å²) in [6.07, 6.45) is 5.96. The maximum atomic E-state index is 13.2. The maximum Gasteiger partial charge on any atom is 0.254 e. The van der Waals surface area contributed by atoms with Crippen LogP contribution in [-0.4, -0.2) is 53.5 Å². The molecule has 1 amide bonds. The van der Waals surface area contributed by atoms with E-state index in [4.69, 9.17) is 16.3 Å². The van der Waals surface area contributed by atoms with Gasteiger partial charge in [0.1, 0.15) is 5.75 Å². The van der Waals surface area contributed by atoms with Gasteiger partial charge in [0.05, 0.1) is 7.11 Å². The predicted molar refractivity (Wildman–Crippen MR) is 105 cm³/mol. The molecule has 2 atom stereocenters. The van der Waals surface area contributed by atoms with Crippen molar-refractivity contribution in [2.75, 3.05) is 26.7 Å². The van der Waals surface area contributed by atoms with Crippen molar-refractivity contribution in [3.63, 3.8) is 0 Å². The molecular formula is C21H24ClN3O2. The molecule has 1 aromatic heterocycles. The van der Waals surface area contributed by atoms with Crippen molar-refractivity contribution in [3.05, 3.63) is 58.9 Å². The van der Waals surface area contributed by atoms with Crippen molar-refractivity contribution >= 4 is 17.5 Å².